The molecule has 1 aliphatic heterocycles. The van der Waals surface area contributed by atoms with Gasteiger partial charge in [0, 0.05) is 0 Å². The molecule has 1 rings (SSSR count). The monoisotopic (exact) mass is 212 g/mol. The summed E-state index contributed by atoms with van der Waals surface area (Å²) in [5, 5.41) is 0. The van der Waals surface area contributed by atoms with Crippen LogP contribution in [-0.2, 0) is 14.3 Å². The maximum atomic E-state index is 11.4. The molecule has 1 heterocycles. The van der Waals surface area contributed by atoms with E-state index >= 15 is 0 Å². The Balaban J connectivity index is 2.43. The highest BCUT2D eigenvalue weighted by Crippen LogP contribution is 2.30. The molecule has 1 aliphatic rings. The van der Waals surface area contributed by atoms with Gasteiger partial charge in [-0.3, -0.25) is 9.59 Å². The smallest absolute Gasteiger partial charge is 0.317 e. The Morgan fingerprint density at radius 1 is 1.33 bits per heavy atom. The minimum atomic E-state index is -0.348. The third-order valence-electron chi connectivity index (χ3n) is 3.18. The summed E-state index contributed by atoms with van der Waals surface area (Å²) in [6.07, 6.45) is 5.82. The fraction of sp³-hybridized carbons (Fsp3) is 0.833. The van der Waals surface area contributed by atoms with Crippen molar-refractivity contribution in [3.8, 4) is 0 Å². The number of carbonyl (C=O) groups excluding carboxylic acids is 2. The molecular formula is C12H20O3. The van der Waals surface area contributed by atoms with Crippen molar-refractivity contribution in [1.82, 2.24) is 0 Å². The lowest BCUT2D eigenvalue weighted by Gasteiger charge is -2.17. The molecule has 2 unspecified atom stereocenters. The van der Waals surface area contributed by atoms with E-state index in [1.165, 1.54) is 12.8 Å². The van der Waals surface area contributed by atoms with Crippen LogP contribution in [-0.4, -0.2) is 11.9 Å². The maximum Gasteiger partial charge on any atom is 0.317 e. The van der Waals surface area contributed by atoms with E-state index in [4.69, 9.17) is 0 Å². The van der Waals surface area contributed by atoms with Gasteiger partial charge in [0.2, 0.25) is 0 Å². The van der Waals surface area contributed by atoms with Crippen LogP contribution in [0.5, 0.6) is 0 Å². The van der Waals surface area contributed by atoms with Gasteiger partial charge in [-0.05, 0) is 12.3 Å². The number of esters is 2. The van der Waals surface area contributed by atoms with Crippen molar-refractivity contribution in [2.45, 2.75) is 52.4 Å². The van der Waals surface area contributed by atoms with Crippen LogP contribution in [0.25, 0.3) is 0 Å². The molecule has 0 aromatic heterocycles. The molecule has 15 heavy (non-hydrogen) atoms. The number of hydrogen-bond acceptors (Lipinski definition) is 3. The van der Waals surface area contributed by atoms with Crippen molar-refractivity contribution in [2.24, 2.45) is 11.8 Å². The lowest BCUT2D eigenvalue weighted by Crippen LogP contribution is -2.18. The van der Waals surface area contributed by atoms with Crippen LogP contribution in [0.3, 0.4) is 0 Å². The van der Waals surface area contributed by atoms with Crippen molar-refractivity contribution in [3.05, 3.63) is 0 Å². The normalized spacial score (nSPS) is 22.9. The molecule has 0 aromatic rings. The van der Waals surface area contributed by atoms with E-state index in [9.17, 15) is 9.59 Å². The number of carbonyl (C=O) groups is 2. The molecular weight excluding hydrogens is 192 g/mol. The van der Waals surface area contributed by atoms with Crippen molar-refractivity contribution in [1.29, 1.82) is 0 Å². The predicted octanol–water partition coefficient (Wildman–Crippen LogP) is 2.68. The van der Waals surface area contributed by atoms with Gasteiger partial charge in [0.05, 0.1) is 12.3 Å². The standard InChI is InChI=1S/C12H20O3/c1-3-5-6-7-9(4-2)10-8-11(13)15-12(10)14/h9-10H,3-8H2,1-2H3. The van der Waals surface area contributed by atoms with E-state index in [1.807, 2.05) is 0 Å². The van der Waals surface area contributed by atoms with E-state index in [-0.39, 0.29) is 17.9 Å². The zero-order valence-electron chi connectivity index (χ0n) is 9.62. The molecule has 0 aromatic carbocycles. The highest BCUT2D eigenvalue weighted by Gasteiger charge is 2.37. The van der Waals surface area contributed by atoms with Crippen molar-refractivity contribution in [2.75, 3.05) is 0 Å². The minimum absolute atomic E-state index is 0.167. The topological polar surface area (TPSA) is 43.4 Å². The predicted molar refractivity (Wildman–Crippen MR) is 57.1 cm³/mol. The molecule has 2 atom stereocenters. The second-order valence-corrected chi connectivity index (χ2v) is 4.27. The molecule has 1 fully saturated rings. The molecule has 86 valence electrons. The fourth-order valence-corrected chi connectivity index (χ4v) is 2.20. The van der Waals surface area contributed by atoms with Crippen LogP contribution in [0.4, 0.5) is 0 Å². The molecule has 0 saturated carbocycles. The Morgan fingerprint density at radius 2 is 2.07 bits per heavy atom. The molecule has 0 amide bonds. The van der Waals surface area contributed by atoms with E-state index in [2.05, 4.69) is 18.6 Å². The molecule has 0 spiro atoms. The third kappa shape index (κ3) is 3.33. The maximum absolute atomic E-state index is 11.4. The van der Waals surface area contributed by atoms with Crippen molar-refractivity contribution < 1.29 is 14.3 Å². The summed E-state index contributed by atoms with van der Waals surface area (Å²) in [6.45, 7) is 4.24. The van der Waals surface area contributed by atoms with Gasteiger partial charge in [-0.1, -0.05) is 39.5 Å². The van der Waals surface area contributed by atoms with Gasteiger partial charge in [0.1, 0.15) is 0 Å². The summed E-state index contributed by atoms with van der Waals surface area (Å²) < 4.78 is 4.59. The van der Waals surface area contributed by atoms with Gasteiger partial charge in [0.15, 0.2) is 0 Å². The quantitative estimate of drug-likeness (QED) is 0.386. The first kappa shape index (κ1) is 12.2. The van der Waals surface area contributed by atoms with Gasteiger partial charge in [-0.2, -0.15) is 0 Å². The first-order chi connectivity index (χ1) is 7.19. The van der Waals surface area contributed by atoms with E-state index in [0.717, 1.165) is 19.3 Å². The number of unbranched alkanes of at least 4 members (excludes halogenated alkanes) is 2. The average Bonchev–Trinajstić information content (AvgIpc) is 2.53. The molecule has 0 aliphatic carbocycles. The van der Waals surface area contributed by atoms with Crippen LogP contribution in [0.2, 0.25) is 0 Å². The summed E-state index contributed by atoms with van der Waals surface area (Å²) >= 11 is 0. The number of hydrogen-bond donors (Lipinski definition) is 0. The van der Waals surface area contributed by atoms with Crippen LogP contribution in [0.1, 0.15) is 52.4 Å². The zero-order valence-corrected chi connectivity index (χ0v) is 9.62. The lowest BCUT2D eigenvalue weighted by molar-refractivity contribution is -0.153. The Morgan fingerprint density at radius 3 is 2.53 bits per heavy atom. The van der Waals surface area contributed by atoms with Gasteiger partial charge in [-0.15, -0.1) is 0 Å². The summed E-state index contributed by atoms with van der Waals surface area (Å²) in [7, 11) is 0. The summed E-state index contributed by atoms with van der Waals surface area (Å²) in [4.78, 5) is 22.3. The van der Waals surface area contributed by atoms with Crippen LogP contribution in [0, 0.1) is 11.8 Å². The molecule has 0 radical (unpaired) electrons. The molecule has 3 heteroatoms. The Kier molecular flexibility index (Phi) is 4.79. The third-order valence-corrected chi connectivity index (χ3v) is 3.18. The second kappa shape index (κ2) is 5.89. The fourth-order valence-electron chi connectivity index (χ4n) is 2.20. The van der Waals surface area contributed by atoms with Crippen LogP contribution >= 0.6 is 0 Å². The largest absolute Gasteiger partial charge is 0.393 e. The number of rotatable bonds is 6. The molecule has 0 bridgehead atoms. The summed E-state index contributed by atoms with van der Waals surface area (Å²) in [6, 6.07) is 0. The van der Waals surface area contributed by atoms with Crippen LogP contribution < -0.4 is 0 Å². The Labute approximate surface area is 91.2 Å². The molecule has 1 saturated heterocycles. The van der Waals surface area contributed by atoms with Gasteiger partial charge < -0.3 is 4.74 Å². The molecule has 3 nitrogen and oxygen atoms in total. The molecule has 0 N–H and O–H groups in total. The van der Waals surface area contributed by atoms with E-state index in [0.29, 0.717) is 12.3 Å². The Hall–Kier alpha value is -0.860. The minimum Gasteiger partial charge on any atom is -0.393 e. The van der Waals surface area contributed by atoms with Gasteiger partial charge in [0.25, 0.3) is 0 Å². The van der Waals surface area contributed by atoms with Crippen LogP contribution in [0.15, 0.2) is 0 Å². The second-order valence-electron chi connectivity index (χ2n) is 4.27. The van der Waals surface area contributed by atoms with Crippen molar-refractivity contribution in [3.63, 3.8) is 0 Å². The SMILES string of the molecule is CCCCCC(CC)C1CC(=O)OC1=O. The number of ether oxygens (including phenoxy) is 1. The average molecular weight is 212 g/mol. The van der Waals surface area contributed by atoms with E-state index in [1.54, 1.807) is 0 Å². The Bertz CT molecular complexity index is 235. The van der Waals surface area contributed by atoms with Crippen molar-refractivity contribution >= 4 is 11.9 Å². The summed E-state index contributed by atoms with van der Waals surface area (Å²) in [5.41, 5.74) is 0. The highest BCUT2D eigenvalue weighted by atomic mass is 16.6. The first-order valence-electron chi connectivity index (χ1n) is 5.93. The van der Waals surface area contributed by atoms with Gasteiger partial charge >= 0.3 is 11.9 Å². The first-order valence-corrected chi connectivity index (χ1v) is 5.93. The summed E-state index contributed by atoms with van der Waals surface area (Å²) in [5.74, 6) is -0.489. The number of cyclic esters (lactones) is 2. The van der Waals surface area contributed by atoms with E-state index < -0.39 is 0 Å². The lowest BCUT2D eigenvalue weighted by atomic mass is 9.85. The highest BCUT2D eigenvalue weighted by molar-refractivity contribution is 5.94. The van der Waals surface area contributed by atoms with Gasteiger partial charge in [-0.25, -0.2) is 0 Å². The zero-order chi connectivity index (χ0) is 11.3.